The van der Waals surface area contributed by atoms with Gasteiger partial charge in [0.2, 0.25) is 0 Å². The van der Waals surface area contributed by atoms with Crippen molar-refractivity contribution in [3.63, 3.8) is 0 Å². The van der Waals surface area contributed by atoms with Gasteiger partial charge in [0, 0.05) is 68.3 Å². The predicted octanol–water partition coefficient (Wildman–Crippen LogP) is 26.7. The molecule has 0 bridgehead atoms. The lowest BCUT2D eigenvalue weighted by atomic mass is 10.0. The summed E-state index contributed by atoms with van der Waals surface area (Å²) in [7, 11) is 0. The first kappa shape index (κ1) is 58.7. The van der Waals surface area contributed by atoms with Gasteiger partial charge in [-0.3, -0.25) is 0 Å². The maximum atomic E-state index is 2.49. The van der Waals surface area contributed by atoms with Crippen LogP contribution in [-0.2, 0) is 25.7 Å². The van der Waals surface area contributed by atoms with E-state index in [0.717, 1.165) is 12.8 Å². The van der Waals surface area contributed by atoms with E-state index in [9.17, 15) is 0 Å². The second-order valence-electron chi connectivity index (χ2n) is 21.3. The molecule has 0 amide bonds. The maximum Gasteiger partial charge on any atom is 0.0481 e. The fourth-order valence-corrected chi connectivity index (χ4v) is 19.8. The minimum Gasteiger partial charge on any atom is -0.143 e. The van der Waals surface area contributed by atoms with Crippen molar-refractivity contribution in [3.05, 3.63) is 178 Å². The van der Waals surface area contributed by atoms with Gasteiger partial charge in [-0.2, -0.15) is 0 Å². The van der Waals surface area contributed by atoms with E-state index in [1.54, 1.807) is 0 Å². The van der Waals surface area contributed by atoms with E-state index in [1.165, 1.54) is 228 Å². The van der Waals surface area contributed by atoms with Crippen LogP contribution in [0.1, 0.15) is 164 Å². The van der Waals surface area contributed by atoms with Crippen LogP contribution >= 0.6 is 90.7 Å². The second-order valence-corrected chi connectivity index (χ2v) is 29.6. The van der Waals surface area contributed by atoms with E-state index in [1.807, 2.05) is 90.7 Å². The maximum absolute atomic E-state index is 2.49. The second kappa shape index (κ2) is 30.2. The molecule has 0 spiro atoms. The number of unbranched alkanes of at least 4 members (excludes halogenated alkanes) is 12. The molecule has 0 aliphatic carbocycles. The highest BCUT2D eigenvalue weighted by atomic mass is 32.1. The van der Waals surface area contributed by atoms with Gasteiger partial charge in [-0.1, -0.05) is 178 Å². The lowest BCUT2D eigenvalue weighted by molar-refractivity contribution is 0.668. The van der Waals surface area contributed by atoms with Crippen molar-refractivity contribution < 1.29 is 0 Å². The van der Waals surface area contributed by atoms with Crippen molar-refractivity contribution in [2.24, 2.45) is 0 Å². The van der Waals surface area contributed by atoms with Gasteiger partial charge >= 0.3 is 0 Å². The van der Waals surface area contributed by atoms with Gasteiger partial charge < -0.3 is 0 Å². The molecule has 0 nitrogen and oxygen atoms in total. The third kappa shape index (κ3) is 15.4. The molecule has 0 unspecified atom stereocenters. The molecule has 414 valence electrons. The van der Waals surface area contributed by atoms with Crippen LogP contribution in [0.25, 0.3) is 91.6 Å². The standard InChI is InChI=1S/C72H78S8/c1-5-9-13-17-25-55-45-47-73-69(55)63-41-37-59(75-63)61-39-43-65(77-61)71-57(27-19-15-11-7-3)49-67(79-71)53-33-29-51(30-34-53)23-21-22-24-52-31-35-54(36-32-52)68-50-58(28-20-16-12-8-4)72(80-68)66-44-40-62(78-66)60-38-42-64(76-60)70-56(46-48-74-70)26-18-14-10-6-2/h21-24,29-50H,5-20,25-28H2,1-4H3/b23-21+,24-22+. The van der Waals surface area contributed by atoms with Crippen LogP contribution in [0, 0.1) is 0 Å². The van der Waals surface area contributed by atoms with E-state index in [-0.39, 0.29) is 0 Å². The summed E-state index contributed by atoms with van der Waals surface area (Å²) in [6.45, 7) is 9.20. The summed E-state index contributed by atoms with van der Waals surface area (Å²) in [6.07, 6.45) is 34.1. The average Bonchev–Trinajstić information content (AvgIpc) is 4.37. The van der Waals surface area contributed by atoms with E-state index in [0.29, 0.717) is 0 Å². The number of hydrogen-bond donors (Lipinski definition) is 0. The minimum absolute atomic E-state index is 1.14. The highest BCUT2D eigenvalue weighted by Crippen LogP contribution is 2.49. The first-order valence-corrected chi connectivity index (χ1v) is 36.5. The topological polar surface area (TPSA) is 0 Å². The van der Waals surface area contributed by atoms with Gasteiger partial charge in [-0.15, -0.1) is 90.7 Å². The van der Waals surface area contributed by atoms with Crippen LogP contribution in [0.4, 0.5) is 0 Å². The molecule has 0 atom stereocenters. The van der Waals surface area contributed by atoms with Crippen molar-refractivity contribution in [1.29, 1.82) is 0 Å². The van der Waals surface area contributed by atoms with Crippen LogP contribution in [0.15, 0.2) is 144 Å². The fourth-order valence-electron chi connectivity index (χ4n) is 10.6. The van der Waals surface area contributed by atoms with E-state index >= 15 is 0 Å². The Morgan fingerprint density at radius 1 is 0.275 bits per heavy atom. The van der Waals surface area contributed by atoms with Crippen LogP contribution in [-0.4, -0.2) is 0 Å². The Kier molecular flexibility index (Phi) is 22.1. The molecule has 0 aliphatic heterocycles. The molecule has 8 heteroatoms. The Morgan fingerprint density at radius 3 is 0.925 bits per heavy atom. The molecule has 0 fully saturated rings. The van der Waals surface area contributed by atoms with Crippen molar-refractivity contribution in [2.75, 3.05) is 0 Å². The van der Waals surface area contributed by atoms with Crippen molar-refractivity contribution in [3.8, 4) is 79.4 Å². The van der Waals surface area contributed by atoms with Gasteiger partial charge in [0.05, 0.1) is 0 Å². The molecule has 0 radical (unpaired) electrons. The lowest BCUT2D eigenvalue weighted by Gasteiger charge is -2.02. The van der Waals surface area contributed by atoms with Gasteiger partial charge in [-0.25, -0.2) is 0 Å². The number of benzene rings is 2. The third-order valence-electron chi connectivity index (χ3n) is 15.2. The largest absolute Gasteiger partial charge is 0.143 e. The fraction of sp³-hybridized carbons (Fsp3) is 0.333. The smallest absolute Gasteiger partial charge is 0.0481 e. The molecule has 0 N–H and O–H groups in total. The number of allylic oxidation sites excluding steroid dienone is 2. The van der Waals surface area contributed by atoms with Gasteiger partial charge in [-0.05, 0) is 179 Å². The van der Waals surface area contributed by atoms with E-state index in [2.05, 4.69) is 184 Å². The van der Waals surface area contributed by atoms with Gasteiger partial charge in [0.15, 0.2) is 0 Å². The number of hydrogen-bond acceptors (Lipinski definition) is 8. The molecule has 0 saturated carbocycles. The van der Waals surface area contributed by atoms with Crippen molar-refractivity contribution >= 4 is 103 Å². The Labute approximate surface area is 511 Å². The highest BCUT2D eigenvalue weighted by molar-refractivity contribution is 7.30. The Hall–Kier alpha value is -4.48. The molecule has 8 heterocycles. The van der Waals surface area contributed by atoms with Crippen molar-refractivity contribution in [1.82, 2.24) is 0 Å². The molecule has 0 saturated heterocycles. The predicted molar refractivity (Wildman–Crippen MR) is 369 cm³/mol. The zero-order chi connectivity index (χ0) is 54.9. The summed E-state index contributed by atoms with van der Waals surface area (Å²) in [5, 5.41) is 4.57. The summed E-state index contributed by atoms with van der Waals surface area (Å²) < 4.78 is 0. The van der Waals surface area contributed by atoms with Gasteiger partial charge in [0.1, 0.15) is 0 Å². The number of thiophene rings is 8. The molecule has 2 aromatic carbocycles. The van der Waals surface area contributed by atoms with Crippen LogP contribution < -0.4 is 0 Å². The number of aryl methyl sites for hydroxylation is 4. The van der Waals surface area contributed by atoms with Crippen LogP contribution in [0.3, 0.4) is 0 Å². The molecule has 80 heavy (non-hydrogen) atoms. The number of rotatable bonds is 31. The Morgan fingerprint density at radius 2 is 0.588 bits per heavy atom. The minimum atomic E-state index is 1.14. The van der Waals surface area contributed by atoms with E-state index < -0.39 is 0 Å². The van der Waals surface area contributed by atoms with E-state index in [4.69, 9.17) is 0 Å². The third-order valence-corrected chi connectivity index (χ3v) is 25.0. The average molecular weight is 1200 g/mol. The first-order chi connectivity index (χ1) is 39.5. The normalized spacial score (nSPS) is 11.9. The summed E-state index contributed by atoms with van der Waals surface area (Å²) in [6, 6.07) is 47.0. The Balaban J connectivity index is 0.783. The summed E-state index contributed by atoms with van der Waals surface area (Å²) >= 11 is 15.6. The van der Waals surface area contributed by atoms with Crippen molar-refractivity contribution in [2.45, 2.75) is 156 Å². The molecule has 10 aromatic rings. The molecule has 0 aliphatic rings. The zero-order valence-corrected chi connectivity index (χ0v) is 54.0. The lowest BCUT2D eigenvalue weighted by Crippen LogP contribution is -1.85. The van der Waals surface area contributed by atoms with Gasteiger partial charge in [0.25, 0.3) is 0 Å². The molecule has 8 aromatic heterocycles. The Bertz CT molecular complexity index is 3270. The van der Waals surface area contributed by atoms with Crippen LogP contribution in [0.5, 0.6) is 0 Å². The summed E-state index contributed by atoms with van der Waals surface area (Å²) in [4.78, 5) is 19.7. The molecular weight excluding hydrogens is 1120 g/mol. The molecule has 10 rings (SSSR count). The SMILES string of the molecule is CCCCCCc1ccsc1-c1ccc(-c2ccc(-c3sc(-c4ccc(/C=C/C=C/c5ccc(-c6cc(CCCCCC)c(-c7ccc(-c8ccc(-c9sccc9CCCCCC)s8)s7)s6)cc5)cc4)cc3CCCCCC)s2)s1. The first-order valence-electron chi connectivity index (χ1n) is 29.8. The highest BCUT2D eigenvalue weighted by Gasteiger charge is 2.20. The summed E-state index contributed by atoms with van der Waals surface area (Å²) in [5.41, 5.74) is 11.1. The monoisotopic (exact) mass is 1200 g/mol. The quantitative estimate of drug-likeness (QED) is 0.0300. The zero-order valence-electron chi connectivity index (χ0n) is 47.4. The molecular formula is C72H78S8. The van der Waals surface area contributed by atoms with Crippen LogP contribution in [0.2, 0.25) is 0 Å². The summed E-state index contributed by atoms with van der Waals surface area (Å²) in [5.74, 6) is 0.